The number of benzene rings is 3. The molecule has 45 heavy (non-hydrogen) atoms. The summed E-state index contributed by atoms with van der Waals surface area (Å²) in [4.78, 5) is 39.8. The van der Waals surface area contributed by atoms with Crippen molar-refractivity contribution < 1.29 is 0 Å². The number of hydrogen-bond donors (Lipinski definition) is 1. The lowest BCUT2D eigenvalue weighted by Gasteiger charge is -2.12. The van der Waals surface area contributed by atoms with Crippen LogP contribution in [0.25, 0.3) is 22.1 Å². The van der Waals surface area contributed by atoms with Crippen molar-refractivity contribution >= 4 is 77.5 Å². The average Bonchev–Trinajstić information content (AvgIpc) is 3.06. The second-order valence-electron chi connectivity index (χ2n) is 9.80. The molecule has 7 rings (SSSR count). The normalized spacial score (nSPS) is 10.9. The molecule has 3 aromatic carbocycles. The predicted octanol–water partition coefficient (Wildman–Crippen LogP) is 9.20. The van der Waals surface area contributed by atoms with E-state index in [0.29, 0.717) is 17.8 Å². The Morgan fingerprint density at radius 1 is 0.644 bits per heavy atom. The van der Waals surface area contributed by atoms with Gasteiger partial charge in [0.1, 0.15) is 11.3 Å². The molecule has 7 aromatic rings. The molecule has 0 saturated heterocycles. The van der Waals surface area contributed by atoms with Crippen LogP contribution in [-0.2, 0) is 6.54 Å². The fourth-order valence-electron chi connectivity index (χ4n) is 4.58. The number of fused-ring (bicyclic) bond motifs is 2. The predicted molar refractivity (Wildman–Crippen MR) is 190 cm³/mol. The smallest absolute Gasteiger partial charge is 0.253 e. The minimum atomic E-state index is -0.134. The Balaban J connectivity index is 0.000000167. The van der Waals surface area contributed by atoms with E-state index in [1.165, 1.54) is 0 Å². The van der Waals surface area contributed by atoms with Gasteiger partial charge >= 0.3 is 0 Å². The van der Waals surface area contributed by atoms with Crippen molar-refractivity contribution in [3.05, 3.63) is 163 Å². The van der Waals surface area contributed by atoms with Gasteiger partial charge in [-0.2, -0.15) is 0 Å². The van der Waals surface area contributed by atoms with E-state index in [1.807, 2.05) is 103 Å². The summed E-state index contributed by atoms with van der Waals surface area (Å²) in [5.41, 5.74) is 2.23. The van der Waals surface area contributed by atoms with E-state index in [4.69, 9.17) is 0 Å². The third kappa shape index (κ3) is 7.83. The van der Waals surface area contributed by atoms with Crippen molar-refractivity contribution in [3.8, 4) is 0 Å². The van der Waals surface area contributed by atoms with Crippen LogP contribution >= 0.6 is 55.4 Å². The number of halogens is 2. The van der Waals surface area contributed by atoms with Crippen LogP contribution in [-0.4, -0.2) is 19.5 Å². The van der Waals surface area contributed by atoms with Crippen molar-refractivity contribution in [3.63, 3.8) is 0 Å². The summed E-state index contributed by atoms with van der Waals surface area (Å²) in [6, 6.07) is 37.1. The van der Waals surface area contributed by atoms with Gasteiger partial charge in [-0.25, -0.2) is 9.97 Å². The highest BCUT2D eigenvalue weighted by atomic mass is 79.9. The fraction of sp³-hybridized carbons (Fsp3) is 0.0286. The van der Waals surface area contributed by atoms with Crippen molar-refractivity contribution in [2.24, 2.45) is 0 Å². The third-order valence-corrected chi connectivity index (χ3v) is 9.86. The number of nitrogens with one attached hydrogen (secondary N) is 1. The van der Waals surface area contributed by atoms with E-state index < -0.39 is 0 Å². The zero-order valence-electron chi connectivity index (χ0n) is 23.6. The Morgan fingerprint density at radius 3 is 1.87 bits per heavy atom. The van der Waals surface area contributed by atoms with Crippen LogP contribution in [0.15, 0.2) is 166 Å². The van der Waals surface area contributed by atoms with Crippen molar-refractivity contribution in [2.75, 3.05) is 0 Å². The quantitative estimate of drug-likeness (QED) is 0.182. The van der Waals surface area contributed by atoms with Gasteiger partial charge in [0.05, 0.1) is 6.54 Å². The van der Waals surface area contributed by atoms with Gasteiger partial charge in [-0.3, -0.25) is 14.2 Å². The van der Waals surface area contributed by atoms with Crippen LogP contribution in [0.4, 0.5) is 0 Å². The van der Waals surface area contributed by atoms with Gasteiger partial charge in [-0.15, -0.1) is 0 Å². The Kier molecular flexibility index (Phi) is 9.95. The van der Waals surface area contributed by atoms with E-state index in [0.717, 1.165) is 44.9 Å². The number of H-pyrrole nitrogens is 1. The molecule has 0 aliphatic rings. The van der Waals surface area contributed by atoms with Crippen LogP contribution in [0, 0.1) is 0 Å². The highest BCUT2D eigenvalue weighted by Crippen LogP contribution is 2.33. The molecule has 0 saturated carbocycles. The van der Waals surface area contributed by atoms with Crippen LogP contribution in [0.5, 0.6) is 0 Å². The minimum Gasteiger partial charge on any atom is -0.307 e. The third-order valence-electron chi connectivity index (χ3n) is 6.67. The van der Waals surface area contributed by atoms with Gasteiger partial charge in [0.2, 0.25) is 0 Å². The summed E-state index contributed by atoms with van der Waals surface area (Å²) < 4.78 is 3.80. The van der Waals surface area contributed by atoms with Crippen LogP contribution in [0.3, 0.4) is 0 Å². The summed E-state index contributed by atoms with van der Waals surface area (Å²) in [7, 11) is 0. The second kappa shape index (κ2) is 14.4. The van der Waals surface area contributed by atoms with E-state index in [-0.39, 0.29) is 11.1 Å². The minimum absolute atomic E-state index is 0.0420. The first-order valence-electron chi connectivity index (χ1n) is 13.8. The summed E-state index contributed by atoms with van der Waals surface area (Å²) in [5, 5.41) is 1.94. The fourth-order valence-corrected chi connectivity index (χ4v) is 7.03. The molecule has 0 radical (unpaired) electrons. The maximum absolute atomic E-state index is 12.8. The molecule has 0 aliphatic carbocycles. The Morgan fingerprint density at radius 2 is 1.22 bits per heavy atom. The van der Waals surface area contributed by atoms with Crippen molar-refractivity contribution in [1.82, 2.24) is 19.5 Å². The molecule has 1 N–H and O–H groups in total. The SMILES string of the molecule is O=c1cc(Sc2ccc(Br)cc2)c2cccnc2[nH]1.O=c1cc(Sc2ccc(Br)cc2)c2cccnc2n1Cc1ccccc1. The van der Waals surface area contributed by atoms with Gasteiger partial charge in [-0.05, 0) is 78.4 Å². The van der Waals surface area contributed by atoms with E-state index in [1.54, 1.807) is 52.6 Å². The van der Waals surface area contributed by atoms with E-state index in [2.05, 4.69) is 46.8 Å². The van der Waals surface area contributed by atoms with Crippen LogP contribution in [0.1, 0.15) is 5.56 Å². The van der Waals surface area contributed by atoms with Gasteiger partial charge in [-0.1, -0.05) is 85.7 Å². The van der Waals surface area contributed by atoms with Crippen LogP contribution < -0.4 is 11.1 Å². The van der Waals surface area contributed by atoms with Gasteiger partial charge in [0.15, 0.2) is 0 Å². The van der Waals surface area contributed by atoms with E-state index in [9.17, 15) is 9.59 Å². The molecule has 4 heterocycles. The molecule has 4 aromatic heterocycles. The molecule has 0 fully saturated rings. The van der Waals surface area contributed by atoms with Gasteiger partial charge in [0, 0.05) is 63.8 Å². The maximum Gasteiger partial charge on any atom is 0.253 e. The maximum atomic E-state index is 12.8. The molecule has 6 nitrogen and oxygen atoms in total. The summed E-state index contributed by atoms with van der Waals surface area (Å²) >= 11 is 10.00. The Hall–Kier alpha value is -3.96. The van der Waals surface area contributed by atoms with Crippen molar-refractivity contribution in [2.45, 2.75) is 26.1 Å². The second-order valence-corrected chi connectivity index (χ2v) is 13.9. The Labute approximate surface area is 284 Å². The first-order valence-corrected chi connectivity index (χ1v) is 17.0. The summed E-state index contributed by atoms with van der Waals surface area (Å²) in [5.74, 6) is 0. The molecule has 0 aliphatic heterocycles. The van der Waals surface area contributed by atoms with Gasteiger partial charge in [0.25, 0.3) is 11.1 Å². The molecular formula is C35H24Br2N4O2S2. The van der Waals surface area contributed by atoms with Gasteiger partial charge < -0.3 is 4.98 Å². The number of hydrogen-bond acceptors (Lipinski definition) is 6. The topological polar surface area (TPSA) is 80.6 Å². The number of rotatable bonds is 6. The summed E-state index contributed by atoms with van der Waals surface area (Å²) in [6.45, 7) is 0.510. The molecule has 0 atom stereocenters. The number of nitrogens with zero attached hydrogens (tertiary/aromatic N) is 3. The first kappa shape index (κ1) is 31.0. The highest BCUT2D eigenvalue weighted by Gasteiger charge is 2.12. The number of pyridine rings is 4. The summed E-state index contributed by atoms with van der Waals surface area (Å²) in [6.07, 6.45) is 3.41. The van der Waals surface area contributed by atoms with E-state index >= 15 is 0 Å². The largest absolute Gasteiger partial charge is 0.307 e. The molecule has 0 amide bonds. The molecule has 0 bridgehead atoms. The molecular weight excluding hydrogens is 732 g/mol. The average molecular weight is 757 g/mol. The molecule has 222 valence electrons. The zero-order chi connectivity index (χ0) is 31.2. The Bertz CT molecular complexity index is 2210. The molecule has 0 spiro atoms. The standard InChI is InChI=1S/C21H15BrN2OS.C14H9BrN2OS/c22-16-8-10-17(11-9-16)26-19-13-20(25)24(14-15-5-2-1-3-6-15)21-18(19)7-4-12-23-21;15-9-3-5-10(6-4-9)19-12-8-13(18)17-14-11(12)2-1-7-16-14/h1-13H,14H2;1-8H,(H,16,17,18). The lowest BCUT2D eigenvalue weighted by Crippen LogP contribution is -2.21. The van der Waals surface area contributed by atoms with Crippen molar-refractivity contribution in [1.29, 1.82) is 0 Å². The molecule has 10 heteroatoms. The monoisotopic (exact) mass is 754 g/mol. The lowest BCUT2D eigenvalue weighted by atomic mass is 10.2. The number of aromatic amines is 1. The zero-order valence-corrected chi connectivity index (χ0v) is 28.4. The highest BCUT2D eigenvalue weighted by molar-refractivity contribution is 9.10. The number of aromatic nitrogens is 4. The lowest BCUT2D eigenvalue weighted by molar-refractivity contribution is 0.779. The van der Waals surface area contributed by atoms with Crippen LogP contribution in [0.2, 0.25) is 0 Å². The first-order chi connectivity index (χ1) is 21.9. The molecule has 0 unspecified atom stereocenters.